The fourth-order valence-electron chi connectivity index (χ4n) is 1.97. The number of nitrogens with zero attached hydrogens (tertiary/aromatic N) is 2. The van der Waals surface area contributed by atoms with Crippen LogP contribution in [0.3, 0.4) is 0 Å². The van der Waals surface area contributed by atoms with Gasteiger partial charge < -0.3 is 15.2 Å². The molecule has 0 unspecified atom stereocenters. The van der Waals surface area contributed by atoms with Crippen LogP contribution >= 0.6 is 11.3 Å². The summed E-state index contributed by atoms with van der Waals surface area (Å²) in [6.07, 6.45) is 1.49. The first-order chi connectivity index (χ1) is 10.2. The fourth-order valence-corrected chi connectivity index (χ4v) is 2.70. The van der Waals surface area contributed by atoms with Crippen LogP contribution in [0.1, 0.15) is 10.4 Å². The number of hydrogen-bond donors (Lipinski definition) is 2. The Kier molecular flexibility index (Phi) is 3.41. The molecule has 3 aromatic rings. The lowest BCUT2D eigenvalue weighted by Crippen LogP contribution is -2.02. The van der Waals surface area contributed by atoms with Crippen molar-refractivity contribution in [2.24, 2.45) is 0 Å². The van der Waals surface area contributed by atoms with Crippen LogP contribution in [0.5, 0.6) is 5.75 Å². The van der Waals surface area contributed by atoms with E-state index in [2.05, 4.69) is 15.3 Å². The van der Waals surface area contributed by atoms with E-state index in [4.69, 9.17) is 9.84 Å². The van der Waals surface area contributed by atoms with Gasteiger partial charge in [-0.25, -0.2) is 14.8 Å². The summed E-state index contributed by atoms with van der Waals surface area (Å²) in [6, 6.07) is 6.73. The number of anilines is 2. The van der Waals surface area contributed by atoms with Crippen LogP contribution in [0.25, 0.3) is 10.2 Å². The van der Waals surface area contributed by atoms with Crippen LogP contribution in [0, 0.1) is 0 Å². The lowest BCUT2D eigenvalue weighted by molar-refractivity contribution is 0.0693. The Balaban J connectivity index is 1.98. The Morgan fingerprint density at radius 3 is 2.95 bits per heavy atom. The SMILES string of the molecule is COc1cc(Nc2ncnc3sccc23)ccc1C(=O)O. The van der Waals surface area contributed by atoms with Crippen molar-refractivity contribution in [3.8, 4) is 5.75 Å². The second-order valence-corrected chi connectivity index (χ2v) is 5.10. The van der Waals surface area contributed by atoms with Crippen LogP contribution in [0.15, 0.2) is 36.0 Å². The van der Waals surface area contributed by atoms with Gasteiger partial charge in [0.2, 0.25) is 0 Å². The second-order valence-electron chi connectivity index (χ2n) is 4.21. The maximum Gasteiger partial charge on any atom is 0.339 e. The summed E-state index contributed by atoms with van der Waals surface area (Å²) >= 11 is 1.53. The number of aromatic nitrogens is 2. The summed E-state index contributed by atoms with van der Waals surface area (Å²) in [6.45, 7) is 0. The Morgan fingerprint density at radius 2 is 2.19 bits per heavy atom. The number of rotatable bonds is 4. The van der Waals surface area contributed by atoms with Crippen molar-refractivity contribution >= 4 is 39.0 Å². The van der Waals surface area contributed by atoms with Gasteiger partial charge in [-0.05, 0) is 23.6 Å². The van der Waals surface area contributed by atoms with Crippen molar-refractivity contribution in [2.75, 3.05) is 12.4 Å². The minimum atomic E-state index is -1.03. The van der Waals surface area contributed by atoms with Crippen molar-refractivity contribution in [3.63, 3.8) is 0 Å². The van der Waals surface area contributed by atoms with Crippen LogP contribution in [0.4, 0.5) is 11.5 Å². The highest BCUT2D eigenvalue weighted by molar-refractivity contribution is 7.16. The number of hydrogen-bond acceptors (Lipinski definition) is 6. The van der Waals surface area contributed by atoms with E-state index in [1.807, 2.05) is 11.4 Å². The van der Waals surface area contributed by atoms with Crippen LogP contribution in [-0.2, 0) is 0 Å². The van der Waals surface area contributed by atoms with E-state index in [1.165, 1.54) is 30.8 Å². The molecule has 0 spiro atoms. The van der Waals surface area contributed by atoms with Crippen molar-refractivity contribution in [1.82, 2.24) is 9.97 Å². The van der Waals surface area contributed by atoms with E-state index in [1.54, 1.807) is 12.1 Å². The maximum atomic E-state index is 11.1. The number of carbonyl (C=O) groups is 1. The summed E-state index contributed by atoms with van der Waals surface area (Å²) < 4.78 is 5.11. The van der Waals surface area contributed by atoms with E-state index in [0.717, 1.165) is 10.2 Å². The number of benzene rings is 1. The Labute approximate surface area is 124 Å². The zero-order chi connectivity index (χ0) is 14.8. The molecule has 2 N–H and O–H groups in total. The second kappa shape index (κ2) is 5.37. The van der Waals surface area contributed by atoms with Gasteiger partial charge in [0, 0.05) is 11.8 Å². The summed E-state index contributed by atoms with van der Waals surface area (Å²) in [5.41, 5.74) is 0.814. The number of nitrogens with one attached hydrogen (secondary N) is 1. The molecule has 21 heavy (non-hydrogen) atoms. The minimum absolute atomic E-state index is 0.117. The average molecular weight is 301 g/mol. The average Bonchev–Trinajstić information content (AvgIpc) is 2.96. The third-order valence-corrected chi connectivity index (χ3v) is 3.78. The van der Waals surface area contributed by atoms with Gasteiger partial charge in [-0.3, -0.25) is 0 Å². The first kappa shape index (κ1) is 13.3. The third kappa shape index (κ3) is 2.50. The molecule has 7 heteroatoms. The van der Waals surface area contributed by atoms with Gasteiger partial charge in [-0.15, -0.1) is 11.3 Å². The highest BCUT2D eigenvalue weighted by Gasteiger charge is 2.12. The largest absolute Gasteiger partial charge is 0.496 e. The van der Waals surface area contributed by atoms with Crippen molar-refractivity contribution in [2.45, 2.75) is 0 Å². The molecule has 0 radical (unpaired) electrons. The lowest BCUT2D eigenvalue weighted by Gasteiger charge is -2.10. The number of carboxylic acid groups (broad SMARTS) is 1. The molecule has 0 bridgehead atoms. The van der Waals surface area contributed by atoms with Gasteiger partial charge in [0.15, 0.2) is 0 Å². The highest BCUT2D eigenvalue weighted by atomic mass is 32.1. The number of thiophene rings is 1. The smallest absolute Gasteiger partial charge is 0.339 e. The molecule has 0 saturated carbocycles. The van der Waals surface area contributed by atoms with E-state index in [0.29, 0.717) is 17.3 Å². The molecule has 0 aliphatic carbocycles. The van der Waals surface area contributed by atoms with E-state index >= 15 is 0 Å². The molecule has 106 valence electrons. The van der Waals surface area contributed by atoms with Gasteiger partial charge in [0.25, 0.3) is 0 Å². The molecule has 3 rings (SSSR count). The summed E-state index contributed by atoms with van der Waals surface area (Å²) in [5.74, 6) is -0.0600. The third-order valence-electron chi connectivity index (χ3n) is 2.96. The van der Waals surface area contributed by atoms with Crippen molar-refractivity contribution in [3.05, 3.63) is 41.5 Å². The van der Waals surface area contributed by atoms with Crippen LogP contribution < -0.4 is 10.1 Å². The standard InChI is InChI=1S/C14H11N3O3S/c1-20-11-6-8(2-3-9(11)14(18)19)17-12-10-4-5-21-13(10)16-7-15-12/h2-7H,1H3,(H,18,19)(H,15,16,17). The predicted molar refractivity (Wildman–Crippen MR) is 80.7 cm³/mol. The molecule has 0 aliphatic rings. The Hall–Kier alpha value is -2.67. The molecule has 2 heterocycles. The van der Waals surface area contributed by atoms with Gasteiger partial charge in [0.1, 0.15) is 28.3 Å². The van der Waals surface area contributed by atoms with Gasteiger partial charge in [0.05, 0.1) is 12.5 Å². The number of aromatic carboxylic acids is 1. The maximum absolute atomic E-state index is 11.1. The van der Waals surface area contributed by atoms with Crippen molar-refractivity contribution in [1.29, 1.82) is 0 Å². The Bertz CT molecular complexity index is 816. The number of carboxylic acids is 1. The molecule has 0 atom stereocenters. The molecule has 0 saturated heterocycles. The number of methoxy groups -OCH3 is 1. The topological polar surface area (TPSA) is 84.3 Å². The lowest BCUT2D eigenvalue weighted by atomic mass is 10.2. The number of fused-ring (bicyclic) bond motifs is 1. The molecule has 6 nitrogen and oxygen atoms in total. The number of ether oxygens (including phenoxy) is 1. The first-order valence-electron chi connectivity index (χ1n) is 6.05. The normalized spacial score (nSPS) is 10.5. The molecular formula is C14H11N3O3S. The molecule has 0 aliphatic heterocycles. The highest BCUT2D eigenvalue weighted by Crippen LogP contribution is 2.29. The molecule has 2 aromatic heterocycles. The Morgan fingerprint density at radius 1 is 1.33 bits per heavy atom. The zero-order valence-electron chi connectivity index (χ0n) is 11.0. The fraction of sp³-hybridized carbons (Fsp3) is 0.0714. The monoisotopic (exact) mass is 301 g/mol. The van der Waals surface area contributed by atoms with E-state index < -0.39 is 5.97 Å². The summed E-state index contributed by atoms with van der Waals surface area (Å²) in [5, 5.41) is 15.1. The molecule has 0 amide bonds. The van der Waals surface area contributed by atoms with Crippen LogP contribution in [-0.4, -0.2) is 28.2 Å². The van der Waals surface area contributed by atoms with Gasteiger partial charge in [-0.2, -0.15) is 0 Å². The predicted octanol–water partition coefficient (Wildman–Crippen LogP) is 3.14. The minimum Gasteiger partial charge on any atom is -0.496 e. The molecular weight excluding hydrogens is 290 g/mol. The first-order valence-corrected chi connectivity index (χ1v) is 6.93. The molecule has 0 fully saturated rings. The van der Waals surface area contributed by atoms with Crippen LogP contribution in [0.2, 0.25) is 0 Å². The summed E-state index contributed by atoms with van der Waals surface area (Å²) in [4.78, 5) is 20.4. The molecule has 1 aromatic carbocycles. The van der Waals surface area contributed by atoms with E-state index in [-0.39, 0.29) is 5.56 Å². The quantitative estimate of drug-likeness (QED) is 0.770. The summed E-state index contributed by atoms with van der Waals surface area (Å²) in [7, 11) is 1.44. The van der Waals surface area contributed by atoms with Gasteiger partial charge in [-0.1, -0.05) is 0 Å². The van der Waals surface area contributed by atoms with E-state index in [9.17, 15) is 4.79 Å². The van der Waals surface area contributed by atoms with Crippen molar-refractivity contribution < 1.29 is 14.6 Å². The zero-order valence-corrected chi connectivity index (χ0v) is 11.8. The van der Waals surface area contributed by atoms with Gasteiger partial charge >= 0.3 is 5.97 Å².